The molecule has 21 heavy (non-hydrogen) atoms. The minimum absolute atomic E-state index is 0.0479. The summed E-state index contributed by atoms with van der Waals surface area (Å²) in [6.07, 6.45) is 3.70. The van der Waals surface area contributed by atoms with Crippen LogP contribution in [0.25, 0.3) is 21.3 Å². The molecule has 0 aliphatic rings. The molecule has 0 N–H and O–H groups in total. The molecule has 3 rings (SSSR count). The van der Waals surface area contributed by atoms with E-state index in [1.165, 1.54) is 11.3 Å². The van der Waals surface area contributed by atoms with Crippen molar-refractivity contribution in [2.75, 3.05) is 0 Å². The van der Waals surface area contributed by atoms with E-state index in [9.17, 15) is 4.79 Å². The largest absolute Gasteiger partial charge is 0.298 e. The lowest BCUT2D eigenvalue weighted by Crippen LogP contribution is -2.19. The fraction of sp³-hybridized carbons (Fsp3) is 0.250. The topological polar surface area (TPSA) is 34.9 Å². The van der Waals surface area contributed by atoms with Gasteiger partial charge in [-0.15, -0.1) is 11.3 Å². The predicted octanol–water partition coefficient (Wildman–Crippen LogP) is 4.58. The first-order valence-corrected chi connectivity index (χ1v) is 8.19. The highest BCUT2D eigenvalue weighted by Gasteiger charge is 2.12. The maximum Gasteiger partial charge on any atom is 0.271 e. The van der Waals surface area contributed by atoms with E-state index < -0.39 is 0 Å². The van der Waals surface area contributed by atoms with Crippen molar-refractivity contribution in [2.24, 2.45) is 0 Å². The van der Waals surface area contributed by atoms with E-state index in [1.807, 2.05) is 29.6 Å². The number of aryl methyl sites for hydroxylation is 1. The molecule has 108 valence electrons. The van der Waals surface area contributed by atoms with Crippen LogP contribution in [0.2, 0.25) is 5.02 Å². The molecule has 3 nitrogen and oxygen atoms in total. The maximum absolute atomic E-state index is 12.5. The lowest BCUT2D eigenvalue weighted by atomic mass is 10.1. The fourth-order valence-corrected chi connectivity index (χ4v) is 3.46. The molecule has 0 bridgehead atoms. The van der Waals surface area contributed by atoms with Crippen LogP contribution in [0.5, 0.6) is 0 Å². The number of unbranched alkanes of at least 4 members (excludes halogenated alkanes) is 1. The number of hydrogen-bond donors (Lipinski definition) is 0. The number of fused-ring (bicyclic) bond motifs is 1. The third-order valence-electron chi connectivity index (χ3n) is 3.43. The quantitative estimate of drug-likeness (QED) is 0.705. The Morgan fingerprint density at radius 1 is 1.38 bits per heavy atom. The molecule has 0 aliphatic heterocycles. The van der Waals surface area contributed by atoms with Crippen LogP contribution < -0.4 is 5.56 Å². The van der Waals surface area contributed by atoms with Crippen LogP contribution in [0.3, 0.4) is 0 Å². The van der Waals surface area contributed by atoms with Gasteiger partial charge in [0.2, 0.25) is 0 Å². The van der Waals surface area contributed by atoms with Crippen molar-refractivity contribution >= 4 is 33.2 Å². The summed E-state index contributed by atoms with van der Waals surface area (Å²) in [6, 6.07) is 7.62. The van der Waals surface area contributed by atoms with Crippen LogP contribution >= 0.6 is 22.9 Å². The van der Waals surface area contributed by atoms with Gasteiger partial charge in [0.15, 0.2) is 0 Å². The van der Waals surface area contributed by atoms with Gasteiger partial charge in [0.05, 0.1) is 11.8 Å². The first-order chi connectivity index (χ1) is 10.2. The zero-order valence-electron chi connectivity index (χ0n) is 11.7. The molecular weight excluding hydrogens is 304 g/mol. The van der Waals surface area contributed by atoms with E-state index >= 15 is 0 Å². The third-order valence-corrected chi connectivity index (χ3v) is 4.63. The minimum Gasteiger partial charge on any atom is -0.298 e. The number of halogens is 1. The number of rotatable bonds is 4. The van der Waals surface area contributed by atoms with Gasteiger partial charge in [-0.05, 0) is 24.1 Å². The average Bonchev–Trinajstić information content (AvgIpc) is 2.91. The number of nitrogens with zero attached hydrogens (tertiary/aromatic N) is 2. The molecule has 0 amide bonds. The molecule has 2 aromatic heterocycles. The lowest BCUT2D eigenvalue weighted by Gasteiger charge is -2.04. The van der Waals surface area contributed by atoms with Crippen LogP contribution in [0.1, 0.15) is 19.8 Å². The van der Waals surface area contributed by atoms with Gasteiger partial charge in [-0.2, -0.15) is 0 Å². The zero-order chi connectivity index (χ0) is 14.8. The molecule has 0 unspecified atom stereocenters. The summed E-state index contributed by atoms with van der Waals surface area (Å²) < 4.78 is 2.41. The molecule has 0 atom stereocenters. The maximum atomic E-state index is 12.5. The molecule has 0 radical (unpaired) electrons. The summed E-state index contributed by atoms with van der Waals surface area (Å²) in [5, 5.41) is 2.66. The predicted molar refractivity (Wildman–Crippen MR) is 89.2 cm³/mol. The summed E-state index contributed by atoms with van der Waals surface area (Å²) in [5.74, 6) is 0. The van der Waals surface area contributed by atoms with E-state index in [-0.39, 0.29) is 5.56 Å². The van der Waals surface area contributed by atoms with E-state index in [2.05, 4.69) is 11.9 Å². The van der Waals surface area contributed by atoms with Crippen LogP contribution in [-0.2, 0) is 6.54 Å². The van der Waals surface area contributed by atoms with E-state index in [0.29, 0.717) is 9.72 Å². The van der Waals surface area contributed by atoms with Crippen molar-refractivity contribution < 1.29 is 0 Å². The van der Waals surface area contributed by atoms with Gasteiger partial charge in [0, 0.05) is 22.5 Å². The van der Waals surface area contributed by atoms with Gasteiger partial charge >= 0.3 is 0 Å². The number of thiophene rings is 1. The van der Waals surface area contributed by atoms with Crippen LogP contribution in [-0.4, -0.2) is 9.55 Å². The first-order valence-electron chi connectivity index (χ1n) is 6.93. The van der Waals surface area contributed by atoms with Crippen molar-refractivity contribution in [3.8, 4) is 11.1 Å². The molecule has 5 heteroatoms. The van der Waals surface area contributed by atoms with Gasteiger partial charge in [-0.25, -0.2) is 4.98 Å². The minimum atomic E-state index is 0.0479. The summed E-state index contributed by atoms with van der Waals surface area (Å²) in [5.41, 5.74) is 2.77. The normalized spacial score (nSPS) is 11.1. The monoisotopic (exact) mass is 318 g/mol. The van der Waals surface area contributed by atoms with E-state index in [1.54, 1.807) is 10.9 Å². The Kier molecular flexibility index (Phi) is 4.08. The van der Waals surface area contributed by atoms with Gasteiger partial charge in [-0.1, -0.05) is 37.1 Å². The highest BCUT2D eigenvalue weighted by Crippen LogP contribution is 2.31. The second kappa shape index (κ2) is 6.00. The summed E-state index contributed by atoms with van der Waals surface area (Å²) in [6.45, 7) is 2.84. The second-order valence-corrected chi connectivity index (χ2v) is 6.25. The molecule has 0 spiro atoms. The van der Waals surface area contributed by atoms with Gasteiger partial charge in [-0.3, -0.25) is 9.36 Å². The van der Waals surface area contributed by atoms with Gasteiger partial charge < -0.3 is 0 Å². The Hall–Kier alpha value is -1.65. The smallest absolute Gasteiger partial charge is 0.271 e. The molecule has 1 aromatic carbocycles. The summed E-state index contributed by atoms with van der Waals surface area (Å²) in [7, 11) is 0. The molecule has 0 saturated carbocycles. The summed E-state index contributed by atoms with van der Waals surface area (Å²) >= 11 is 7.49. The van der Waals surface area contributed by atoms with Crippen molar-refractivity contribution in [1.29, 1.82) is 0 Å². The molecule has 0 saturated heterocycles. The lowest BCUT2D eigenvalue weighted by molar-refractivity contribution is 0.609. The van der Waals surface area contributed by atoms with Crippen molar-refractivity contribution in [3.05, 3.63) is 51.3 Å². The molecule has 0 aliphatic carbocycles. The standard InChI is InChI=1S/C16H15ClN2OS/c1-2-3-7-19-10-18-14-13(9-21-15(14)16(19)20)11-5-4-6-12(17)8-11/h4-6,8-10H,2-3,7H2,1H3. The Morgan fingerprint density at radius 2 is 2.24 bits per heavy atom. The molecule has 2 heterocycles. The number of benzene rings is 1. The van der Waals surface area contributed by atoms with Crippen molar-refractivity contribution in [1.82, 2.24) is 9.55 Å². The van der Waals surface area contributed by atoms with Crippen LogP contribution in [0.15, 0.2) is 40.8 Å². The SMILES string of the molecule is CCCCn1cnc2c(-c3cccc(Cl)c3)csc2c1=O. The Morgan fingerprint density at radius 3 is 3.00 bits per heavy atom. The Labute approximate surface area is 131 Å². The first kappa shape index (κ1) is 14.3. The van der Waals surface area contributed by atoms with Gasteiger partial charge in [0.1, 0.15) is 4.70 Å². The van der Waals surface area contributed by atoms with E-state index in [4.69, 9.17) is 11.6 Å². The number of aromatic nitrogens is 2. The zero-order valence-corrected chi connectivity index (χ0v) is 13.2. The van der Waals surface area contributed by atoms with Crippen LogP contribution in [0.4, 0.5) is 0 Å². The van der Waals surface area contributed by atoms with Crippen LogP contribution in [0, 0.1) is 0 Å². The molecular formula is C16H15ClN2OS. The van der Waals surface area contributed by atoms with Crippen molar-refractivity contribution in [3.63, 3.8) is 0 Å². The summed E-state index contributed by atoms with van der Waals surface area (Å²) in [4.78, 5) is 16.9. The number of hydrogen-bond acceptors (Lipinski definition) is 3. The Balaban J connectivity index is 2.11. The third kappa shape index (κ3) is 2.74. The average molecular weight is 319 g/mol. The highest BCUT2D eigenvalue weighted by atomic mass is 35.5. The molecule has 0 fully saturated rings. The molecule has 3 aromatic rings. The highest BCUT2D eigenvalue weighted by molar-refractivity contribution is 7.17. The fourth-order valence-electron chi connectivity index (χ4n) is 2.29. The van der Waals surface area contributed by atoms with Gasteiger partial charge in [0.25, 0.3) is 5.56 Å². The van der Waals surface area contributed by atoms with E-state index in [0.717, 1.165) is 36.0 Å². The second-order valence-electron chi connectivity index (χ2n) is 4.93. The van der Waals surface area contributed by atoms with Crippen molar-refractivity contribution in [2.45, 2.75) is 26.3 Å². The Bertz CT molecular complexity index is 838.